The van der Waals surface area contributed by atoms with Crippen molar-refractivity contribution >= 4 is 28.2 Å². The average Bonchev–Trinajstić information content (AvgIpc) is 3.36. The third-order valence-electron chi connectivity index (χ3n) is 5.57. The van der Waals surface area contributed by atoms with Crippen LogP contribution in [0.3, 0.4) is 0 Å². The maximum Gasteiger partial charge on any atom is 0.336 e. The van der Waals surface area contributed by atoms with Gasteiger partial charge >= 0.3 is 5.97 Å². The van der Waals surface area contributed by atoms with Crippen LogP contribution >= 0.6 is 0 Å². The molecule has 7 heteroatoms. The van der Waals surface area contributed by atoms with Crippen molar-refractivity contribution in [2.45, 2.75) is 33.2 Å². The summed E-state index contributed by atoms with van der Waals surface area (Å²) in [5.41, 5.74) is 5.89. The SMILES string of the molecule is CCCc1nc2c(C)ccnc2n1Cc1ccc2oc(-c3ccccc3C(=O)O)nc2c1. The zero-order valence-electron chi connectivity index (χ0n) is 17.9. The van der Waals surface area contributed by atoms with E-state index in [1.165, 1.54) is 0 Å². The highest BCUT2D eigenvalue weighted by molar-refractivity contribution is 5.95. The summed E-state index contributed by atoms with van der Waals surface area (Å²) in [5, 5.41) is 9.48. The van der Waals surface area contributed by atoms with Gasteiger partial charge in [-0.3, -0.25) is 0 Å². The predicted molar refractivity (Wildman–Crippen MR) is 122 cm³/mol. The number of rotatable bonds is 6. The van der Waals surface area contributed by atoms with Crippen molar-refractivity contribution in [2.75, 3.05) is 0 Å². The first-order valence-electron chi connectivity index (χ1n) is 10.6. The van der Waals surface area contributed by atoms with Crippen LogP contribution in [-0.2, 0) is 13.0 Å². The van der Waals surface area contributed by atoms with E-state index >= 15 is 0 Å². The predicted octanol–water partition coefficient (Wildman–Crippen LogP) is 5.25. The van der Waals surface area contributed by atoms with Crippen molar-refractivity contribution < 1.29 is 14.3 Å². The second-order valence-electron chi connectivity index (χ2n) is 7.84. The highest BCUT2D eigenvalue weighted by atomic mass is 16.4. The van der Waals surface area contributed by atoms with Gasteiger partial charge in [0, 0.05) is 12.6 Å². The lowest BCUT2D eigenvalue weighted by atomic mass is 10.1. The topological polar surface area (TPSA) is 94.0 Å². The molecule has 32 heavy (non-hydrogen) atoms. The molecule has 0 amide bonds. The zero-order valence-corrected chi connectivity index (χ0v) is 17.9. The van der Waals surface area contributed by atoms with Crippen LogP contribution in [0.2, 0.25) is 0 Å². The fourth-order valence-corrected chi connectivity index (χ4v) is 3.99. The molecule has 3 aromatic heterocycles. The molecule has 0 unspecified atom stereocenters. The first-order chi connectivity index (χ1) is 15.5. The largest absolute Gasteiger partial charge is 0.478 e. The van der Waals surface area contributed by atoms with Gasteiger partial charge < -0.3 is 14.1 Å². The molecule has 5 rings (SSSR count). The van der Waals surface area contributed by atoms with E-state index in [1.54, 1.807) is 24.3 Å². The molecule has 1 N–H and O–H groups in total. The minimum atomic E-state index is -1.01. The van der Waals surface area contributed by atoms with Gasteiger partial charge in [-0.2, -0.15) is 0 Å². The molecule has 7 nitrogen and oxygen atoms in total. The van der Waals surface area contributed by atoms with Crippen LogP contribution in [0.25, 0.3) is 33.7 Å². The van der Waals surface area contributed by atoms with Gasteiger partial charge in [0.1, 0.15) is 16.9 Å². The van der Waals surface area contributed by atoms with Crippen molar-refractivity contribution in [1.29, 1.82) is 0 Å². The molecule has 0 aliphatic carbocycles. The fourth-order valence-electron chi connectivity index (χ4n) is 3.99. The van der Waals surface area contributed by atoms with E-state index < -0.39 is 5.97 Å². The van der Waals surface area contributed by atoms with Crippen molar-refractivity contribution in [1.82, 2.24) is 19.5 Å². The molecule has 0 radical (unpaired) electrons. The second-order valence-corrected chi connectivity index (χ2v) is 7.84. The minimum absolute atomic E-state index is 0.162. The third-order valence-corrected chi connectivity index (χ3v) is 5.57. The number of aryl methyl sites for hydroxylation is 2. The number of benzene rings is 2. The van der Waals surface area contributed by atoms with E-state index in [1.807, 2.05) is 30.5 Å². The van der Waals surface area contributed by atoms with E-state index in [0.717, 1.165) is 41.0 Å². The Morgan fingerprint density at radius 1 is 1.12 bits per heavy atom. The molecule has 0 saturated heterocycles. The Balaban J connectivity index is 1.56. The van der Waals surface area contributed by atoms with Crippen LogP contribution in [0.5, 0.6) is 0 Å². The number of pyridine rings is 1. The number of aromatic nitrogens is 4. The summed E-state index contributed by atoms with van der Waals surface area (Å²) >= 11 is 0. The first kappa shape index (κ1) is 19.9. The summed E-state index contributed by atoms with van der Waals surface area (Å²) < 4.78 is 8.04. The Morgan fingerprint density at radius 2 is 1.97 bits per heavy atom. The van der Waals surface area contributed by atoms with Gasteiger partial charge in [0.05, 0.1) is 17.7 Å². The summed E-state index contributed by atoms with van der Waals surface area (Å²) in [6.07, 6.45) is 3.69. The Hall–Kier alpha value is -4.00. The van der Waals surface area contributed by atoms with Gasteiger partial charge in [-0.15, -0.1) is 0 Å². The zero-order chi connectivity index (χ0) is 22.2. The number of imidazole rings is 1. The van der Waals surface area contributed by atoms with E-state index in [9.17, 15) is 9.90 Å². The van der Waals surface area contributed by atoms with Gasteiger partial charge in [-0.1, -0.05) is 25.1 Å². The molecule has 0 fully saturated rings. The monoisotopic (exact) mass is 426 g/mol. The Labute approximate surface area is 184 Å². The molecule has 0 aliphatic heterocycles. The average molecular weight is 426 g/mol. The molecular formula is C25H22N4O3. The third kappa shape index (κ3) is 3.41. The number of fused-ring (bicyclic) bond motifs is 2. The molecule has 0 spiro atoms. The number of carbonyl (C=O) groups is 1. The molecule has 2 aromatic carbocycles. The van der Waals surface area contributed by atoms with Crippen LogP contribution in [-0.4, -0.2) is 30.6 Å². The minimum Gasteiger partial charge on any atom is -0.478 e. The highest BCUT2D eigenvalue weighted by Crippen LogP contribution is 2.28. The Bertz CT molecular complexity index is 1470. The lowest BCUT2D eigenvalue weighted by molar-refractivity contribution is 0.0697. The van der Waals surface area contributed by atoms with E-state index in [2.05, 4.69) is 28.4 Å². The van der Waals surface area contributed by atoms with E-state index in [4.69, 9.17) is 9.40 Å². The van der Waals surface area contributed by atoms with Gasteiger partial charge in [-0.05, 0) is 54.8 Å². The molecular weight excluding hydrogens is 404 g/mol. The number of nitrogens with zero attached hydrogens (tertiary/aromatic N) is 4. The summed E-state index contributed by atoms with van der Waals surface area (Å²) in [6, 6.07) is 14.5. The molecule has 0 saturated carbocycles. The van der Waals surface area contributed by atoms with Crippen LogP contribution < -0.4 is 0 Å². The molecule has 0 aliphatic rings. The van der Waals surface area contributed by atoms with Crippen molar-refractivity contribution in [3.05, 3.63) is 77.2 Å². The second kappa shape index (κ2) is 7.92. The fraction of sp³-hybridized carbons (Fsp3) is 0.200. The van der Waals surface area contributed by atoms with Crippen molar-refractivity contribution in [3.63, 3.8) is 0 Å². The van der Waals surface area contributed by atoms with E-state index in [0.29, 0.717) is 29.1 Å². The summed E-state index contributed by atoms with van der Waals surface area (Å²) in [7, 11) is 0. The number of carboxylic acids is 1. The maximum absolute atomic E-state index is 11.6. The molecule has 160 valence electrons. The molecule has 0 bridgehead atoms. The Morgan fingerprint density at radius 3 is 2.78 bits per heavy atom. The summed E-state index contributed by atoms with van der Waals surface area (Å²) in [4.78, 5) is 25.6. The number of hydrogen-bond donors (Lipinski definition) is 1. The molecule has 3 heterocycles. The quantitative estimate of drug-likeness (QED) is 0.399. The highest BCUT2D eigenvalue weighted by Gasteiger charge is 2.17. The molecule has 5 aromatic rings. The lowest BCUT2D eigenvalue weighted by Gasteiger charge is -2.08. The van der Waals surface area contributed by atoms with Gasteiger partial charge in [0.2, 0.25) is 5.89 Å². The van der Waals surface area contributed by atoms with Crippen LogP contribution in [0, 0.1) is 6.92 Å². The summed E-state index contributed by atoms with van der Waals surface area (Å²) in [5.74, 6) is 0.301. The van der Waals surface area contributed by atoms with Crippen LogP contribution in [0.15, 0.2) is 59.1 Å². The smallest absolute Gasteiger partial charge is 0.336 e. The number of aromatic carboxylic acids is 1. The Kier molecular flexibility index (Phi) is 4.93. The molecule has 0 atom stereocenters. The van der Waals surface area contributed by atoms with Gasteiger partial charge in [0.15, 0.2) is 11.2 Å². The summed E-state index contributed by atoms with van der Waals surface area (Å²) in [6.45, 7) is 4.81. The van der Waals surface area contributed by atoms with Gasteiger partial charge in [0.25, 0.3) is 0 Å². The van der Waals surface area contributed by atoms with Crippen molar-refractivity contribution in [2.24, 2.45) is 0 Å². The number of oxazole rings is 1. The number of hydrogen-bond acceptors (Lipinski definition) is 5. The van der Waals surface area contributed by atoms with Gasteiger partial charge in [-0.25, -0.2) is 19.7 Å². The lowest BCUT2D eigenvalue weighted by Crippen LogP contribution is -2.06. The van der Waals surface area contributed by atoms with Crippen molar-refractivity contribution in [3.8, 4) is 11.5 Å². The standard InChI is InChI=1S/C25H22N4O3/c1-3-6-21-28-22-15(2)11-12-26-23(22)29(21)14-16-9-10-20-19(13-16)27-24(32-20)17-7-4-5-8-18(17)25(30)31/h4-5,7-13H,3,6,14H2,1-2H3,(H,30,31). The first-order valence-corrected chi connectivity index (χ1v) is 10.6. The van der Waals surface area contributed by atoms with Crippen LogP contribution in [0.4, 0.5) is 0 Å². The van der Waals surface area contributed by atoms with E-state index in [-0.39, 0.29) is 5.56 Å². The maximum atomic E-state index is 11.6. The normalized spacial score (nSPS) is 11.4. The number of carboxylic acid groups (broad SMARTS) is 1. The van der Waals surface area contributed by atoms with Crippen LogP contribution in [0.1, 0.15) is 40.7 Å².